The number of hydrogen-bond donors (Lipinski definition) is 1. The summed E-state index contributed by atoms with van der Waals surface area (Å²) in [5, 5.41) is 15.2. The fraction of sp³-hybridized carbons (Fsp3) is 0.444. The molecular formula is C18H23N3O4S2. The third-order valence-corrected chi connectivity index (χ3v) is 7.23. The van der Waals surface area contributed by atoms with Crippen LogP contribution in [-0.2, 0) is 16.6 Å². The molecule has 1 aliphatic rings. The quantitative estimate of drug-likeness (QED) is 0.560. The zero-order valence-electron chi connectivity index (χ0n) is 15.1. The molecule has 146 valence electrons. The Balaban J connectivity index is 1.55. The Morgan fingerprint density at radius 2 is 2.04 bits per heavy atom. The van der Waals surface area contributed by atoms with E-state index in [9.17, 15) is 18.5 Å². The van der Waals surface area contributed by atoms with Crippen LogP contribution in [0.5, 0.6) is 0 Å². The van der Waals surface area contributed by atoms with E-state index < -0.39 is 14.9 Å². The molecule has 0 atom stereocenters. The molecule has 2 aromatic rings. The highest BCUT2D eigenvalue weighted by Gasteiger charge is 2.24. The van der Waals surface area contributed by atoms with Crippen molar-refractivity contribution in [1.82, 2.24) is 9.62 Å². The summed E-state index contributed by atoms with van der Waals surface area (Å²) >= 11 is 1.70. The third kappa shape index (κ3) is 5.13. The van der Waals surface area contributed by atoms with Crippen molar-refractivity contribution in [1.29, 1.82) is 0 Å². The first kappa shape index (κ1) is 19.9. The van der Waals surface area contributed by atoms with Gasteiger partial charge in [0.2, 0.25) is 10.0 Å². The van der Waals surface area contributed by atoms with Crippen LogP contribution in [0, 0.1) is 23.0 Å². The molecule has 1 N–H and O–H groups in total. The van der Waals surface area contributed by atoms with Gasteiger partial charge in [-0.15, -0.1) is 0 Å². The molecule has 0 bridgehead atoms. The molecule has 0 spiro atoms. The molecule has 1 fully saturated rings. The molecule has 1 aromatic carbocycles. The van der Waals surface area contributed by atoms with E-state index in [0.717, 1.165) is 38.5 Å². The lowest BCUT2D eigenvalue weighted by Crippen LogP contribution is -2.38. The Hall–Kier alpha value is -1.81. The van der Waals surface area contributed by atoms with Gasteiger partial charge in [-0.3, -0.25) is 15.0 Å². The number of aryl methyl sites for hydroxylation is 1. The molecule has 1 aliphatic heterocycles. The van der Waals surface area contributed by atoms with Crippen LogP contribution >= 0.6 is 11.3 Å². The highest BCUT2D eigenvalue weighted by atomic mass is 32.2. The van der Waals surface area contributed by atoms with Gasteiger partial charge in [0.15, 0.2) is 0 Å². The second-order valence-electron chi connectivity index (χ2n) is 6.91. The van der Waals surface area contributed by atoms with Crippen LogP contribution in [0.15, 0.2) is 39.9 Å². The van der Waals surface area contributed by atoms with Crippen molar-refractivity contribution >= 4 is 27.0 Å². The monoisotopic (exact) mass is 409 g/mol. The average Bonchev–Trinajstić information content (AvgIpc) is 3.14. The first-order chi connectivity index (χ1) is 12.8. The number of nitrogens with one attached hydrogen (secondary N) is 1. The smallest absolute Gasteiger partial charge is 0.270 e. The molecule has 0 aliphatic carbocycles. The number of sulfonamides is 1. The van der Waals surface area contributed by atoms with Crippen molar-refractivity contribution in [3.05, 3.63) is 56.3 Å². The van der Waals surface area contributed by atoms with Crippen LogP contribution in [0.4, 0.5) is 5.69 Å². The zero-order valence-corrected chi connectivity index (χ0v) is 16.8. The molecule has 0 unspecified atom stereocenters. The highest BCUT2D eigenvalue weighted by Crippen LogP contribution is 2.23. The maximum Gasteiger partial charge on any atom is 0.270 e. The normalized spacial score (nSPS) is 16.5. The van der Waals surface area contributed by atoms with Crippen molar-refractivity contribution in [2.24, 2.45) is 5.92 Å². The first-order valence-electron chi connectivity index (χ1n) is 8.83. The molecule has 27 heavy (non-hydrogen) atoms. The average molecular weight is 410 g/mol. The summed E-state index contributed by atoms with van der Waals surface area (Å²) in [5.41, 5.74) is 1.60. The van der Waals surface area contributed by atoms with Gasteiger partial charge in [0.1, 0.15) is 0 Å². The molecule has 0 saturated carbocycles. The molecule has 1 saturated heterocycles. The number of nitrogens with zero attached hydrogens (tertiary/aromatic N) is 2. The largest absolute Gasteiger partial charge is 0.299 e. The molecule has 1 aromatic heterocycles. The van der Waals surface area contributed by atoms with Gasteiger partial charge in [-0.05, 0) is 66.7 Å². The van der Waals surface area contributed by atoms with E-state index in [1.165, 1.54) is 17.7 Å². The molecule has 2 heterocycles. The zero-order chi connectivity index (χ0) is 19.4. The van der Waals surface area contributed by atoms with Crippen LogP contribution in [-0.4, -0.2) is 37.9 Å². The van der Waals surface area contributed by atoms with E-state index in [-0.39, 0.29) is 16.5 Å². The standard InChI is InChI=1S/C18H23N3O4S2/c1-14-2-3-17(21(22)23)10-18(14)27(24,25)19-11-15-4-7-20(8-5-15)12-16-6-9-26-13-16/h2-3,6,9-10,13,15,19H,4-5,7-8,11-12H2,1H3. The van der Waals surface area contributed by atoms with Gasteiger partial charge >= 0.3 is 0 Å². The van der Waals surface area contributed by atoms with E-state index >= 15 is 0 Å². The number of piperidine rings is 1. The summed E-state index contributed by atoms with van der Waals surface area (Å²) in [5.74, 6) is 0.275. The van der Waals surface area contributed by atoms with Crippen LogP contribution < -0.4 is 4.72 Å². The summed E-state index contributed by atoms with van der Waals surface area (Å²) in [4.78, 5) is 12.7. The van der Waals surface area contributed by atoms with Crippen molar-refractivity contribution in [3.63, 3.8) is 0 Å². The number of non-ortho nitro benzene ring substituents is 1. The first-order valence-corrected chi connectivity index (χ1v) is 11.3. The van der Waals surface area contributed by atoms with Gasteiger partial charge in [0.25, 0.3) is 5.69 Å². The maximum atomic E-state index is 12.6. The minimum atomic E-state index is -3.77. The van der Waals surface area contributed by atoms with Crippen LogP contribution in [0.2, 0.25) is 0 Å². The molecule has 0 radical (unpaired) electrons. The molecular weight excluding hydrogens is 386 g/mol. The van der Waals surface area contributed by atoms with Gasteiger partial charge in [-0.25, -0.2) is 13.1 Å². The Morgan fingerprint density at radius 3 is 2.67 bits per heavy atom. The summed E-state index contributed by atoms with van der Waals surface area (Å²) in [6, 6.07) is 6.04. The number of benzene rings is 1. The molecule has 3 rings (SSSR count). The fourth-order valence-electron chi connectivity index (χ4n) is 3.29. The van der Waals surface area contributed by atoms with Crippen molar-refractivity contribution in [3.8, 4) is 0 Å². The minimum absolute atomic E-state index is 0.0217. The number of nitro benzene ring substituents is 1. The van der Waals surface area contributed by atoms with Crippen LogP contribution in [0.25, 0.3) is 0 Å². The summed E-state index contributed by atoms with van der Waals surface area (Å²) in [7, 11) is -3.77. The SMILES string of the molecule is Cc1ccc([N+](=O)[O-])cc1S(=O)(=O)NCC1CCN(Cc2ccsc2)CC1. The van der Waals surface area contributed by atoms with Crippen LogP contribution in [0.1, 0.15) is 24.0 Å². The maximum absolute atomic E-state index is 12.6. The second kappa shape index (κ2) is 8.47. The van der Waals surface area contributed by atoms with Crippen molar-refractivity contribution < 1.29 is 13.3 Å². The van der Waals surface area contributed by atoms with Crippen molar-refractivity contribution in [2.45, 2.75) is 31.2 Å². The Bertz CT molecular complexity index is 889. The molecule has 9 heteroatoms. The van der Waals surface area contributed by atoms with Gasteiger partial charge in [-0.2, -0.15) is 11.3 Å². The lowest BCUT2D eigenvalue weighted by molar-refractivity contribution is -0.385. The van der Waals surface area contributed by atoms with E-state index in [1.54, 1.807) is 18.3 Å². The number of hydrogen-bond acceptors (Lipinski definition) is 6. The summed E-state index contributed by atoms with van der Waals surface area (Å²) in [6.07, 6.45) is 1.86. The highest BCUT2D eigenvalue weighted by molar-refractivity contribution is 7.89. The van der Waals surface area contributed by atoms with Gasteiger partial charge in [-0.1, -0.05) is 6.07 Å². The van der Waals surface area contributed by atoms with Crippen LogP contribution in [0.3, 0.4) is 0 Å². The Kier molecular flexibility index (Phi) is 6.25. The number of thiophene rings is 1. The summed E-state index contributed by atoms with van der Waals surface area (Å²) < 4.78 is 27.9. The van der Waals surface area contributed by atoms with Gasteiger partial charge < -0.3 is 0 Å². The van der Waals surface area contributed by atoms with E-state index in [4.69, 9.17) is 0 Å². The molecule has 7 nitrogen and oxygen atoms in total. The number of nitro groups is 1. The fourth-order valence-corrected chi connectivity index (χ4v) is 5.32. The predicted molar refractivity (Wildman–Crippen MR) is 105 cm³/mol. The second-order valence-corrected chi connectivity index (χ2v) is 9.43. The number of likely N-dealkylation sites (tertiary alicyclic amines) is 1. The Labute approximate surface area is 163 Å². The van der Waals surface area contributed by atoms with E-state index in [2.05, 4.69) is 26.4 Å². The minimum Gasteiger partial charge on any atom is -0.299 e. The topological polar surface area (TPSA) is 92.5 Å². The lowest BCUT2D eigenvalue weighted by atomic mass is 9.97. The van der Waals surface area contributed by atoms with Crippen molar-refractivity contribution in [2.75, 3.05) is 19.6 Å². The molecule has 0 amide bonds. The summed E-state index contributed by atoms with van der Waals surface area (Å²) in [6.45, 7) is 4.82. The lowest BCUT2D eigenvalue weighted by Gasteiger charge is -2.31. The van der Waals surface area contributed by atoms with E-state index in [0.29, 0.717) is 12.1 Å². The predicted octanol–water partition coefficient (Wildman–Crippen LogP) is 3.16. The van der Waals surface area contributed by atoms with E-state index in [1.807, 2.05) is 0 Å². The third-order valence-electron chi connectivity index (χ3n) is 4.93. The Morgan fingerprint density at radius 1 is 1.30 bits per heavy atom. The van der Waals surface area contributed by atoms with Gasteiger partial charge in [0.05, 0.1) is 9.82 Å². The number of rotatable bonds is 7. The van der Waals surface area contributed by atoms with Gasteiger partial charge in [0, 0.05) is 25.2 Å².